The van der Waals surface area contributed by atoms with Gasteiger partial charge in [-0.2, -0.15) is 0 Å². The molecule has 0 spiro atoms. The van der Waals surface area contributed by atoms with E-state index in [0.717, 1.165) is 18.4 Å². The normalized spacial score (nSPS) is 17.8. The largest absolute Gasteiger partial charge is 0.330 e. The number of nitrogens with two attached hydrogens (primary N) is 1. The Morgan fingerprint density at radius 2 is 1.94 bits per heavy atom. The van der Waals surface area contributed by atoms with Crippen molar-refractivity contribution in [2.75, 3.05) is 6.54 Å². The number of hydrogen-bond acceptors (Lipinski definition) is 3. The minimum Gasteiger partial charge on any atom is -0.330 e. The van der Waals surface area contributed by atoms with Gasteiger partial charge in [-0.1, -0.05) is 31.0 Å². The first-order valence-electron chi connectivity index (χ1n) is 6.59. The van der Waals surface area contributed by atoms with Gasteiger partial charge in [-0.3, -0.25) is 10.1 Å². The molecule has 18 heavy (non-hydrogen) atoms. The molecule has 4 heteroatoms. The molecule has 0 unspecified atom stereocenters. The molecule has 98 valence electrons. The van der Waals surface area contributed by atoms with Crippen LogP contribution in [0.3, 0.4) is 0 Å². The van der Waals surface area contributed by atoms with E-state index in [0.29, 0.717) is 6.54 Å². The maximum absolute atomic E-state index is 10.9. The van der Waals surface area contributed by atoms with Crippen LogP contribution < -0.4 is 5.73 Å². The Labute approximate surface area is 107 Å². The summed E-state index contributed by atoms with van der Waals surface area (Å²) in [6.45, 7) is 0.702. The molecule has 1 aromatic rings. The minimum atomic E-state index is -0.293. The van der Waals surface area contributed by atoms with Gasteiger partial charge in [-0.15, -0.1) is 0 Å². The van der Waals surface area contributed by atoms with Crippen LogP contribution in [0.2, 0.25) is 0 Å². The number of hydrogen-bond donors (Lipinski definition) is 1. The second kappa shape index (κ2) is 5.48. The molecule has 1 aromatic carbocycles. The Hall–Kier alpha value is -1.42. The van der Waals surface area contributed by atoms with Crippen LogP contribution in [0.4, 0.5) is 5.69 Å². The summed E-state index contributed by atoms with van der Waals surface area (Å²) in [5.41, 5.74) is 7.20. The summed E-state index contributed by atoms with van der Waals surface area (Å²) in [4.78, 5) is 10.7. The Bertz CT molecular complexity index is 426. The van der Waals surface area contributed by atoms with Crippen LogP contribution in [0.25, 0.3) is 0 Å². The standard InChI is InChI=1S/C14H20N2O2/c15-11-14(8-3-4-9-14)10-7-12-5-1-2-6-13(12)16(17)18/h1-2,5-6H,3-4,7-11,15H2. The fraction of sp³-hybridized carbons (Fsp3) is 0.571. The molecule has 0 saturated heterocycles. The van der Waals surface area contributed by atoms with Crippen molar-refractivity contribution in [1.82, 2.24) is 0 Å². The predicted octanol–water partition coefficient (Wildman–Crippen LogP) is 3.05. The molecule has 0 amide bonds. The fourth-order valence-electron chi connectivity index (χ4n) is 2.98. The van der Waals surface area contributed by atoms with E-state index in [1.165, 1.54) is 25.7 Å². The lowest BCUT2D eigenvalue weighted by atomic mass is 9.80. The van der Waals surface area contributed by atoms with Crippen molar-refractivity contribution in [2.45, 2.75) is 38.5 Å². The topological polar surface area (TPSA) is 69.2 Å². The summed E-state index contributed by atoms with van der Waals surface area (Å²) in [5.74, 6) is 0. The van der Waals surface area contributed by atoms with Crippen molar-refractivity contribution < 1.29 is 4.92 Å². The molecule has 0 atom stereocenters. The van der Waals surface area contributed by atoms with E-state index >= 15 is 0 Å². The van der Waals surface area contributed by atoms with Gasteiger partial charge < -0.3 is 5.73 Å². The first kappa shape index (κ1) is 13.0. The fourth-order valence-corrected chi connectivity index (χ4v) is 2.98. The van der Waals surface area contributed by atoms with Crippen LogP contribution in [-0.2, 0) is 6.42 Å². The number of para-hydroxylation sites is 1. The summed E-state index contributed by atoms with van der Waals surface area (Å²) >= 11 is 0. The molecule has 2 N–H and O–H groups in total. The second-order valence-electron chi connectivity index (χ2n) is 5.30. The third kappa shape index (κ3) is 2.70. The van der Waals surface area contributed by atoms with Crippen molar-refractivity contribution in [2.24, 2.45) is 11.1 Å². The smallest absolute Gasteiger partial charge is 0.272 e. The lowest BCUT2D eigenvalue weighted by Crippen LogP contribution is -2.28. The van der Waals surface area contributed by atoms with Gasteiger partial charge >= 0.3 is 0 Å². The van der Waals surface area contributed by atoms with Crippen LogP contribution in [0.1, 0.15) is 37.7 Å². The molecule has 0 aromatic heterocycles. The van der Waals surface area contributed by atoms with Gasteiger partial charge in [0.15, 0.2) is 0 Å². The quantitative estimate of drug-likeness (QED) is 0.643. The Balaban J connectivity index is 2.08. The monoisotopic (exact) mass is 248 g/mol. The number of benzene rings is 1. The predicted molar refractivity (Wildman–Crippen MR) is 71.4 cm³/mol. The summed E-state index contributed by atoms with van der Waals surface area (Å²) in [7, 11) is 0. The van der Waals surface area contributed by atoms with Crippen LogP contribution in [0, 0.1) is 15.5 Å². The molecule has 0 heterocycles. The number of nitrogens with zero attached hydrogens (tertiary/aromatic N) is 1. The third-order valence-corrected chi connectivity index (χ3v) is 4.21. The van der Waals surface area contributed by atoms with Gasteiger partial charge in [0.25, 0.3) is 5.69 Å². The first-order chi connectivity index (χ1) is 8.67. The highest BCUT2D eigenvalue weighted by Gasteiger charge is 2.32. The van der Waals surface area contributed by atoms with Crippen LogP contribution >= 0.6 is 0 Å². The lowest BCUT2D eigenvalue weighted by Gasteiger charge is -2.27. The van der Waals surface area contributed by atoms with Gasteiger partial charge in [-0.25, -0.2) is 0 Å². The molecule has 2 rings (SSSR count). The molecule has 0 aliphatic heterocycles. The highest BCUT2D eigenvalue weighted by atomic mass is 16.6. The maximum atomic E-state index is 10.9. The van der Waals surface area contributed by atoms with Crippen LogP contribution in [0.15, 0.2) is 24.3 Å². The Morgan fingerprint density at radius 3 is 2.56 bits per heavy atom. The summed E-state index contributed by atoms with van der Waals surface area (Å²) in [6.07, 6.45) is 6.55. The minimum absolute atomic E-state index is 0.226. The van der Waals surface area contributed by atoms with E-state index < -0.39 is 0 Å². The zero-order chi connectivity index (χ0) is 13.0. The molecule has 1 aliphatic rings. The molecule has 0 radical (unpaired) electrons. The maximum Gasteiger partial charge on any atom is 0.272 e. The lowest BCUT2D eigenvalue weighted by molar-refractivity contribution is -0.385. The number of aryl methyl sites for hydroxylation is 1. The van der Waals surface area contributed by atoms with Gasteiger partial charge in [0.1, 0.15) is 0 Å². The van der Waals surface area contributed by atoms with Crippen molar-refractivity contribution in [3.05, 3.63) is 39.9 Å². The van der Waals surface area contributed by atoms with E-state index in [1.807, 2.05) is 12.1 Å². The zero-order valence-corrected chi connectivity index (χ0v) is 10.6. The highest BCUT2D eigenvalue weighted by Crippen LogP contribution is 2.41. The van der Waals surface area contributed by atoms with Crippen molar-refractivity contribution in [3.63, 3.8) is 0 Å². The third-order valence-electron chi connectivity index (χ3n) is 4.21. The van der Waals surface area contributed by atoms with Gasteiger partial charge in [-0.05, 0) is 37.6 Å². The Morgan fingerprint density at radius 1 is 1.28 bits per heavy atom. The van der Waals surface area contributed by atoms with Gasteiger partial charge in [0.2, 0.25) is 0 Å². The van der Waals surface area contributed by atoms with E-state index in [9.17, 15) is 10.1 Å². The number of nitro benzene ring substituents is 1. The van der Waals surface area contributed by atoms with Crippen molar-refractivity contribution in [3.8, 4) is 0 Å². The van der Waals surface area contributed by atoms with E-state index in [1.54, 1.807) is 12.1 Å². The van der Waals surface area contributed by atoms with E-state index in [2.05, 4.69) is 0 Å². The van der Waals surface area contributed by atoms with Crippen molar-refractivity contribution in [1.29, 1.82) is 0 Å². The zero-order valence-electron chi connectivity index (χ0n) is 10.6. The number of nitro groups is 1. The van der Waals surface area contributed by atoms with Gasteiger partial charge in [0, 0.05) is 11.6 Å². The summed E-state index contributed by atoms with van der Waals surface area (Å²) in [6, 6.07) is 7.03. The molecular formula is C14H20N2O2. The second-order valence-corrected chi connectivity index (χ2v) is 5.30. The molecule has 4 nitrogen and oxygen atoms in total. The van der Waals surface area contributed by atoms with Gasteiger partial charge in [0.05, 0.1) is 4.92 Å². The highest BCUT2D eigenvalue weighted by molar-refractivity contribution is 5.39. The summed E-state index contributed by atoms with van der Waals surface area (Å²) in [5, 5.41) is 10.9. The average molecular weight is 248 g/mol. The molecule has 1 fully saturated rings. The van der Waals surface area contributed by atoms with E-state index in [4.69, 9.17) is 5.73 Å². The number of rotatable bonds is 5. The molecular weight excluding hydrogens is 228 g/mol. The first-order valence-corrected chi connectivity index (χ1v) is 6.59. The molecule has 1 saturated carbocycles. The summed E-state index contributed by atoms with van der Waals surface area (Å²) < 4.78 is 0. The van der Waals surface area contributed by atoms with Crippen molar-refractivity contribution >= 4 is 5.69 Å². The molecule has 0 bridgehead atoms. The SMILES string of the molecule is NCC1(CCc2ccccc2[N+](=O)[O-])CCCC1. The average Bonchev–Trinajstić information content (AvgIpc) is 2.86. The molecule has 1 aliphatic carbocycles. The van der Waals surface area contributed by atoms with E-state index in [-0.39, 0.29) is 16.0 Å². The van der Waals surface area contributed by atoms with Crippen LogP contribution in [0.5, 0.6) is 0 Å². The van der Waals surface area contributed by atoms with Crippen LogP contribution in [-0.4, -0.2) is 11.5 Å². The Kier molecular flexibility index (Phi) is 3.97.